The summed E-state index contributed by atoms with van der Waals surface area (Å²) in [7, 11) is 0. The van der Waals surface area contributed by atoms with Gasteiger partial charge in [-0.1, -0.05) is 51.2 Å². The third kappa shape index (κ3) is 5.36. The Kier molecular flexibility index (Phi) is 7.24. The lowest BCUT2D eigenvalue weighted by molar-refractivity contribution is -0.142. The maximum absolute atomic E-state index is 13.9. The zero-order valence-electron chi connectivity index (χ0n) is 21.2. The lowest BCUT2D eigenvalue weighted by Crippen LogP contribution is -2.20. The van der Waals surface area contributed by atoms with E-state index in [1.807, 2.05) is 19.1 Å². The van der Waals surface area contributed by atoms with Crippen LogP contribution in [0.2, 0.25) is 0 Å². The summed E-state index contributed by atoms with van der Waals surface area (Å²) in [6, 6.07) is 10.2. The monoisotopic (exact) mass is 513 g/mol. The van der Waals surface area contributed by atoms with Crippen molar-refractivity contribution in [1.29, 1.82) is 0 Å². The second-order valence-electron chi connectivity index (χ2n) is 10.7. The first-order chi connectivity index (χ1) is 17.7. The molecule has 0 spiro atoms. The number of ether oxygens (including phenoxy) is 1. The SMILES string of the molecule is CCC(C(=O)O)C1CCc2c1[nH]c1ccc(OCc3ccc(CC4CCCCC4)c(C(F)(F)F)c3)cc21. The van der Waals surface area contributed by atoms with E-state index in [4.69, 9.17) is 4.74 Å². The Bertz CT molecular complexity index is 1270. The summed E-state index contributed by atoms with van der Waals surface area (Å²) >= 11 is 0. The molecule has 37 heavy (non-hydrogen) atoms. The largest absolute Gasteiger partial charge is 0.489 e. The molecule has 4 nitrogen and oxygen atoms in total. The highest BCUT2D eigenvalue weighted by Gasteiger charge is 2.36. The molecule has 2 N–H and O–H groups in total. The van der Waals surface area contributed by atoms with Crippen LogP contribution in [-0.4, -0.2) is 16.1 Å². The molecule has 1 aromatic heterocycles. The first-order valence-corrected chi connectivity index (χ1v) is 13.4. The number of rotatable bonds is 8. The molecule has 2 aliphatic carbocycles. The minimum Gasteiger partial charge on any atom is -0.489 e. The van der Waals surface area contributed by atoms with Gasteiger partial charge in [-0.2, -0.15) is 13.2 Å². The zero-order valence-corrected chi connectivity index (χ0v) is 21.2. The Morgan fingerprint density at radius 3 is 2.59 bits per heavy atom. The number of hydrogen-bond acceptors (Lipinski definition) is 2. The van der Waals surface area contributed by atoms with Crippen LogP contribution in [0.1, 0.15) is 85.7 Å². The molecule has 0 bridgehead atoms. The van der Waals surface area contributed by atoms with Crippen LogP contribution in [0, 0.1) is 11.8 Å². The van der Waals surface area contributed by atoms with Crippen LogP contribution in [0.25, 0.3) is 10.9 Å². The van der Waals surface area contributed by atoms with Crippen LogP contribution in [-0.2, 0) is 30.4 Å². The fraction of sp³-hybridized carbons (Fsp3) is 0.500. The van der Waals surface area contributed by atoms with Crippen molar-refractivity contribution in [3.63, 3.8) is 0 Å². The fourth-order valence-corrected chi connectivity index (χ4v) is 6.43. The molecular formula is C30H34F3NO3. The molecule has 3 aromatic rings. The van der Waals surface area contributed by atoms with Crippen LogP contribution >= 0.6 is 0 Å². The van der Waals surface area contributed by atoms with Crippen LogP contribution in [0.5, 0.6) is 5.75 Å². The second kappa shape index (κ2) is 10.4. The highest BCUT2D eigenvalue weighted by atomic mass is 19.4. The van der Waals surface area contributed by atoms with Gasteiger partial charge in [0.05, 0.1) is 11.5 Å². The number of aromatic amines is 1. The maximum Gasteiger partial charge on any atom is 0.416 e. The van der Waals surface area contributed by atoms with Crippen molar-refractivity contribution in [2.75, 3.05) is 0 Å². The normalized spacial score (nSPS) is 19.2. The summed E-state index contributed by atoms with van der Waals surface area (Å²) in [6.45, 7) is 1.95. The molecular weight excluding hydrogens is 479 g/mol. The Balaban J connectivity index is 1.33. The van der Waals surface area contributed by atoms with E-state index in [9.17, 15) is 23.1 Å². The van der Waals surface area contributed by atoms with Crippen molar-refractivity contribution in [1.82, 2.24) is 4.98 Å². The van der Waals surface area contributed by atoms with E-state index < -0.39 is 23.6 Å². The number of aliphatic carboxylic acids is 1. The van der Waals surface area contributed by atoms with E-state index in [1.54, 1.807) is 18.2 Å². The molecule has 2 aromatic carbocycles. The average Bonchev–Trinajstić information content (AvgIpc) is 3.43. The Morgan fingerprint density at radius 2 is 1.89 bits per heavy atom. The van der Waals surface area contributed by atoms with E-state index in [0.29, 0.717) is 35.6 Å². The van der Waals surface area contributed by atoms with Gasteiger partial charge in [0.15, 0.2) is 0 Å². The highest BCUT2D eigenvalue weighted by Crippen LogP contribution is 2.43. The van der Waals surface area contributed by atoms with Gasteiger partial charge in [0, 0.05) is 22.5 Å². The number of H-pyrrole nitrogens is 1. The van der Waals surface area contributed by atoms with Crippen molar-refractivity contribution >= 4 is 16.9 Å². The third-order valence-electron chi connectivity index (χ3n) is 8.35. The first-order valence-electron chi connectivity index (χ1n) is 13.4. The van der Waals surface area contributed by atoms with Crippen LogP contribution in [0.4, 0.5) is 13.2 Å². The quantitative estimate of drug-likeness (QED) is 0.321. The smallest absolute Gasteiger partial charge is 0.416 e. The summed E-state index contributed by atoms with van der Waals surface area (Å²) < 4.78 is 47.6. The number of benzene rings is 2. The van der Waals surface area contributed by atoms with Crippen LogP contribution in [0.3, 0.4) is 0 Å². The summed E-state index contributed by atoms with van der Waals surface area (Å²) in [6.07, 6.45) is 3.64. The summed E-state index contributed by atoms with van der Waals surface area (Å²) in [5.41, 5.74) is 3.36. The molecule has 0 aliphatic heterocycles. The number of fused-ring (bicyclic) bond motifs is 3. The number of nitrogens with one attached hydrogen (secondary N) is 1. The van der Waals surface area contributed by atoms with Gasteiger partial charge in [-0.3, -0.25) is 4.79 Å². The summed E-state index contributed by atoms with van der Waals surface area (Å²) in [4.78, 5) is 15.1. The number of carbonyl (C=O) groups is 1. The van der Waals surface area contributed by atoms with Crippen molar-refractivity contribution < 1.29 is 27.8 Å². The highest BCUT2D eigenvalue weighted by molar-refractivity contribution is 5.87. The molecule has 5 rings (SSSR count). The molecule has 0 amide bonds. The van der Waals surface area contributed by atoms with E-state index in [0.717, 1.165) is 60.7 Å². The number of carboxylic acids is 1. The third-order valence-corrected chi connectivity index (χ3v) is 8.35. The van der Waals surface area contributed by atoms with Crippen LogP contribution < -0.4 is 4.74 Å². The second-order valence-corrected chi connectivity index (χ2v) is 10.7. The number of carboxylic acid groups (broad SMARTS) is 1. The lowest BCUT2D eigenvalue weighted by Gasteiger charge is -2.23. The Labute approximate surface area is 215 Å². The van der Waals surface area contributed by atoms with Gasteiger partial charge in [-0.15, -0.1) is 0 Å². The number of aromatic nitrogens is 1. The predicted octanol–water partition coefficient (Wildman–Crippen LogP) is 8.03. The van der Waals surface area contributed by atoms with Crippen molar-refractivity contribution in [2.45, 2.75) is 83.4 Å². The molecule has 2 aliphatic rings. The molecule has 1 saturated carbocycles. The van der Waals surface area contributed by atoms with Gasteiger partial charge in [0.1, 0.15) is 12.4 Å². The average molecular weight is 514 g/mol. The van der Waals surface area contributed by atoms with Gasteiger partial charge in [0.2, 0.25) is 0 Å². The minimum atomic E-state index is -4.40. The van der Waals surface area contributed by atoms with Crippen molar-refractivity contribution in [2.24, 2.45) is 11.8 Å². The van der Waals surface area contributed by atoms with Gasteiger partial charge in [-0.25, -0.2) is 0 Å². The standard InChI is InChI=1S/C30H34F3NO3/c1-2-22(29(35)36)23-11-12-24-25-16-21(10-13-27(25)34-28(23)24)37-17-19-8-9-20(26(15-19)30(31,32)33)14-18-6-4-3-5-7-18/h8-10,13,15-16,18,22-23,34H,2-7,11-12,14,17H2,1H3,(H,35,36). The predicted molar refractivity (Wildman–Crippen MR) is 137 cm³/mol. The van der Waals surface area contributed by atoms with Gasteiger partial charge in [-0.05, 0) is 72.6 Å². The lowest BCUT2D eigenvalue weighted by atomic mass is 9.83. The fourth-order valence-electron chi connectivity index (χ4n) is 6.43. The summed E-state index contributed by atoms with van der Waals surface area (Å²) in [5, 5.41) is 10.6. The number of aryl methyl sites for hydroxylation is 1. The molecule has 2 unspecified atom stereocenters. The Morgan fingerprint density at radius 1 is 1.11 bits per heavy atom. The molecule has 0 saturated heterocycles. The minimum absolute atomic E-state index is 0.0396. The van der Waals surface area contributed by atoms with E-state index in [2.05, 4.69) is 4.98 Å². The first kappa shape index (κ1) is 25.7. The molecule has 0 radical (unpaired) electrons. The molecule has 1 fully saturated rings. The van der Waals surface area contributed by atoms with E-state index in [1.165, 1.54) is 12.5 Å². The zero-order chi connectivity index (χ0) is 26.2. The summed E-state index contributed by atoms with van der Waals surface area (Å²) in [5.74, 6) is -0.320. The van der Waals surface area contributed by atoms with Gasteiger partial charge < -0.3 is 14.8 Å². The van der Waals surface area contributed by atoms with Crippen molar-refractivity contribution in [3.05, 3.63) is 64.3 Å². The van der Waals surface area contributed by atoms with Crippen LogP contribution in [0.15, 0.2) is 36.4 Å². The molecule has 198 valence electrons. The number of alkyl halides is 3. The Hall–Kier alpha value is -2.96. The topological polar surface area (TPSA) is 62.3 Å². The maximum atomic E-state index is 13.9. The molecule has 7 heteroatoms. The number of halogens is 3. The van der Waals surface area contributed by atoms with Gasteiger partial charge >= 0.3 is 12.1 Å². The van der Waals surface area contributed by atoms with Gasteiger partial charge in [0.25, 0.3) is 0 Å². The molecule has 1 heterocycles. The van der Waals surface area contributed by atoms with E-state index >= 15 is 0 Å². The van der Waals surface area contributed by atoms with E-state index in [-0.39, 0.29) is 12.5 Å². The molecule has 2 atom stereocenters. The number of hydrogen-bond donors (Lipinski definition) is 2. The van der Waals surface area contributed by atoms with Crippen molar-refractivity contribution in [3.8, 4) is 5.75 Å².